The second-order valence-corrected chi connectivity index (χ2v) is 1.15. The summed E-state index contributed by atoms with van der Waals surface area (Å²) in [5.41, 5.74) is 4.62. The van der Waals surface area contributed by atoms with Gasteiger partial charge in [0, 0.05) is 0 Å². The third-order valence-corrected chi connectivity index (χ3v) is 0.559. The lowest BCUT2D eigenvalue weighted by atomic mass is 10.4. The van der Waals surface area contributed by atoms with E-state index in [1.165, 1.54) is 6.92 Å². The Hall–Kier alpha value is -0.610. The zero-order valence-electron chi connectivity index (χ0n) is 3.92. The predicted molar refractivity (Wildman–Crippen MR) is 22.4 cm³/mol. The number of hydrogen-bond acceptors (Lipinski definition) is 3. The van der Waals surface area contributed by atoms with E-state index in [0.29, 0.717) is 0 Å². The first-order valence-corrected chi connectivity index (χ1v) is 1.78. The lowest BCUT2D eigenvalue weighted by Gasteiger charge is -1.97. The van der Waals surface area contributed by atoms with Crippen LogP contribution in [0.4, 0.5) is 0 Å². The summed E-state index contributed by atoms with van der Waals surface area (Å²) in [5, 5.41) is 7.70. The Balaban J connectivity index is 3.34. The van der Waals surface area contributed by atoms with E-state index in [1.807, 2.05) is 0 Å². The van der Waals surface area contributed by atoms with Gasteiger partial charge in [0.15, 0.2) is 6.10 Å². The summed E-state index contributed by atoms with van der Waals surface area (Å²) in [5.74, 6) is -0.678. The van der Waals surface area contributed by atoms with Crippen LogP contribution in [-0.4, -0.2) is 17.3 Å². The minimum atomic E-state index is -0.903. The second kappa shape index (κ2) is 2.54. The van der Waals surface area contributed by atoms with Crippen molar-refractivity contribution in [3.63, 3.8) is 0 Å². The van der Waals surface area contributed by atoms with Crippen LogP contribution >= 0.6 is 0 Å². The standard InChI is InChI=1S/C3H7NO3/c1-2(7-6)3(4)5/h2,6H,1H3,(H2,4,5). The van der Waals surface area contributed by atoms with Crippen molar-refractivity contribution in [3.8, 4) is 0 Å². The molecule has 0 heterocycles. The molecular formula is C3H7NO3. The Bertz CT molecular complexity index is 72.6. The van der Waals surface area contributed by atoms with E-state index in [2.05, 4.69) is 10.6 Å². The Morgan fingerprint density at radius 3 is 2.43 bits per heavy atom. The topological polar surface area (TPSA) is 72.6 Å². The monoisotopic (exact) mass is 105 g/mol. The summed E-state index contributed by atoms with van der Waals surface area (Å²) in [6, 6.07) is 0. The van der Waals surface area contributed by atoms with Crippen LogP contribution in [0, 0.1) is 0 Å². The quantitative estimate of drug-likeness (QED) is 0.362. The van der Waals surface area contributed by atoms with Gasteiger partial charge in [-0.05, 0) is 6.92 Å². The summed E-state index contributed by atoms with van der Waals surface area (Å²) < 4.78 is 0. The van der Waals surface area contributed by atoms with Crippen LogP contribution in [0.2, 0.25) is 0 Å². The van der Waals surface area contributed by atoms with Crippen molar-refractivity contribution in [2.45, 2.75) is 13.0 Å². The summed E-state index contributed by atoms with van der Waals surface area (Å²) in [7, 11) is 0. The Kier molecular flexibility index (Phi) is 2.32. The largest absolute Gasteiger partial charge is 0.367 e. The molecule has 0 spiro atoms. The molecule has 0 saturated heterocycles. The molecule has 4 nitrogen and oxygen atoms in total. The van der Waals surface area contributed by atoms with Gasteiger partial charge in [-0.1, -0.05) is 0 Å². The molecule has 0 bridgehead atoms. The van der Waals surface area contributed by atoms with Gasteiger partial charge in [-0.3, -0.25) is 10.1 Å². The number of primary amides is 1. The minimum absolute atomic E-state index is 0.678. The highest BCUT2D eigenvalue weighted by atomic mass is 17.1. The molecule has 0 saturated carbocycles. The molecule has 4 heteroatoms. The van der Waals surface area contributed by atoms with Crippen molar-refractivity contribution in [2.24, 2.45) is 5.73 Å². The molecule has 7 heavy (non-hydrogen) atoms. The number of amides is 1. The molecule has 0 aromatic carbocycles. The zero-order valence-corrected chi connectivity index (χ0v) is 3.92. The maximum absolute atomic E-state index is 9.87. The van der Waals surface area contributed by atoms with Crippen LogP contribution in [0.15, 0.2) is 0 Å². The molecule has 1 atom stereocenters. The van der Waals surface area contributed by atoms with Gasteiger partial charge in [0.25, 0.3) is 0 Å². The SMILES string of the molecule is CC(OO)C(N)=O. The van der Waals surface area contributed by atoms with Gasteiger partial charge < -0.3 is 5.73 Å². The Morgan fingerprint density at radius 2 is 2.43 bits per heavy atom. The fourth-order valence-electron chi connectivity index (χ4n) is 0.0519. The van der Waals surface area contributed by atoms with E-state index in [9.17, 15) is 4.79 Å². The molecule has 3 N–H and O–H groups in total. The van der Waals surface area contributed by atoms with Gasteiger partial charge in [-0.25, -0.2) is 4.89 Å². The van der Waals surface area contributed by atoms with E-state index in [1.54, 1.807) is 0 Å². The van der Waals surface area contributed by atoms with E-state index < -0.39 is 12.0 Å². The average Bonchev–Trinajstić information content (AvgIpc) is 1.65. The Morgan fingerprint density at radius 1 is 2.00 bits per heavy atom. The molecule has 0 radical (unpaired) electrons. The molecule has 0 aromatic heterocycles. The Labute approximate surface area is 40.8 Å². The number of carbonyl (C=O) groups is 1. The van der Waals surface area contributed by atoms with Gasteiger partial charge in [-0.15, -0.1) is 0 Å². The molecule has 1 unspecified atom stereocenters. The summed E-state index contributed by atoms with van der Waals surface area (Å²) >= 11 is 0. The lowest BCUT2D eigenvalue weighted by molar-refractivity contribution is -0.266. The van der Waals surface area contributed by atoms with Crippen molar-refractivity contribution in [1.82, 2.24) is 0 Å². The van der Waals surface area contributed by atoms with Crippen LogP contribution in [0.3, 0.4) is 0 Å². The van der Waals surface area contributed by atoms with Crippen LogP contribution < -0.4 is 5.73 Å². The van der Waals surface area contributed by atoms with Crippen LogP contribution in [0.25, 0.3) is 0 Å². The van der Waals surface area contributed by atoms with Crippen molar-refractivity contribution in [3.05, 3.63) is 0 Å². The zero-order chi connectivity index (χ0) is 5.86. The van der Waals surface area contributed by atoms with E-state index >= 15 is 0 Å². The van der Waals surface area contributed by atoms with E-state index in [4.69, 9.17) is 5.26 Å². The molecule has 1 amide bonds. The van der Waals surface area contributed by atoms with Crippen LogP contribution in [-0.2, 0) is 9.68 Å². The number of nitrogens with two attached hydrogens (primary N) is 1. The van der Waals surface area contributed by atoms with Crippen molar-refractivity contribution < 1.29 is 14.9 Å². The van der Waals surface area contributed by atoms with Crippen molar-refractivity contribution in [1.29, 1.82) is 0 Å². The fourth-order valence-corrected chi connectivity index (χ4v) is 0.0519. The molecule has 0 aliphatic carbocycles. The van der Waals surface area contributed by atoms with Gasteiger partial charge in [-0.2, -0.15) is 0 Å². The van der Waals surface area contributed by atoms with E-state index in [0.717, 1.165) is 0 Å². The second-order valence-electron chi connectivity index (χ2n) is 1.15. The molecule has 0 aliphatic heterocycles. The van der Waals surface area contributed by atoms with Gasteiger partial charge in [0.05, 0.1) is 0 Å². The third-order valence-electron chi connectivity index (χ3n) is 0.559. The van der Waals surface area contributed by atoms with Gasteiger partial charge >= 0.3 is 0 Å². The first-order valence-electron chi connectivity index (χ1n) is 1.78. The average molecular weight is 105 g/mol. The molecular weight excluding hydrogens is 98.0 g/mol. The highest BCUT2D eigenvalue weighted by molar-refractivity contribution is 5.78. The predicted octanol–water partition coefficient (Wildman–Crippen LogP) is -0.650. The van der Waals surface area contributed by atoms with Crippen LogP contribution in [0.1, 0.15) is 6.92 Å². The maximum Gasteiger partial charge on any atom is 0.249 e. The number of hydrogen-bond donors (Lipinski definition) is 2. The lowest BCUT2D eigenvalue weighted by Crippen LogP contribution is -2.26. The van der Waals surface area contributed by atoms with Gasteiger partial charge in [0.2, 0.25) is 5.91 Å². The summed E-state index contributed by atoms with van der Waals surface area (Å²) in [6.07, 6.45) is -0.903. The summed E-state index contributed by atoms with van der Waals surface area (Å²) in [6.45, 7) is 1.35. The summed E-state index contributed by atoms with van der Waals surface area (Å²) in [4.78, 5) is 13.4. The third kappa shape index (κ3) is 2.13. The van der Waals surface area contributed by atoms with Crippen molar-refractivity contribution in [2.75, 3.05) is 0 Å². The number of rotatable bonds is 2. The minimum Gasteiger partial charge on any atom is -0.367 e. The molecule has 0 fully saturated rings. The molecule has 0 aliphatic rings. The number of carbonyl (C=O) groups excluding carboxylic acids is 1. The highest BCUT2D eigenvalue weighted by Gasteiger charge is 2.05. The first-order chi connectivity index (χ1) is 3.18. The highest BCUT2D eigenvalue weighted by Crippen LogP contribution is 1.80. The van der Waals surface area contributed by atoms with E-state index in [-0.39, 0.29) is 0 Å². The van der Waals surface area contributed by atoms with Crippen LogP contribution in [0.5, 0.6) is 0 Å². The molecule has 0 rings (SSSR count). The molecule has 0 aromatic rings. The normalized spacial score (nSPS) is 13.4. The molecule has 42 valence electrons. The fraction of sp³-hybridized carbons (Fsp3) is 0.667. The smallest absolute Gasteiger partial charge is 0.249 e. The maximum atomic E-state index is 9.87. The first kappa shape index (κ1) is 6.39. The van der Waals surface area contributed by atoms with Crippen molar-refractivity contribution >= 4 is 5.91 Å². The van der Waals surface area contributed by atoms with Gasteiger partial charge in [0.1, 0.15) is 0 Å².